The molecule has 2 N–H and O–H groups in total. The van der Waals surface area contributed by atoms with Crippen LogP contribution in [0.15, 0.2) is 36.5 Å². The summed E-state index contributed by atoms with van der Waals surface area (Å²) >= 11 is 0. The number of anilines is 4. The molecule has 1 amide bonds. The topological polar surface area (TPSA) is 101 Å². The number of methoxy groups -OCH3 is 1. The quantitative estimate of drug-likeness (QED) is 0.194. The van der Waals surface area contributed by atoms with Crippen molar-refractivity contribution in [2.45, 2.75) is 51.5 Å². The predicted octanol–water partition coefficient (Wildman–Crippen LogP) is 7.27. The SMILES string of the molecule is CCOP(Cc1ccc(Nc2ncc(C(F)(F)F)c(Nc3ccc(C4CCCN(C)C4)c4c3C(=O)N(C)C4)n2)c(OC)c1)OCC. The van der Waals surface area contributed by atoms with Gasteiger partial charge in [0.2, 0.25) is 5.95 Å². The average molecular weight is 661 g/mol. The second kappa shape index (κ2) is 14.5. The molecular formula is C32H40F3N6O4P. The Morgan fingerprint density at radius 3 is 2.48 bits per heavy atom. The zero-order valence-electron chi connectivity index (χ0n) is 26.7. The lowest BCUT2D eigenvalue weighted by Crippen LogP contribution is -2.31. The summed E-state index contributed by atoms with van der Waals surface area (Å²) in [7, 11) is 4.16. The monoisotopic (exact) mass is 660 g/mol. The Labute approximate surface area is 268 Å². The molecule has 1 saturated heterocycles. The number of amides is 1. The van der Waals surface area contributed by atoms with Crippen molar-refractivity contribution in [1.82, 2.24) is 19.8 Å². The Balaban J connectivity index is 1.46. The summed E-state index contributed by atoms with van der Waals surface area (Å²) in [5.74, 6) is -0.0858. The molecule has 0 bridgehead atoms. The number of alkyl halides is 3. The summed E-state index contributed by atoms with van der Waals surface area (Å²) in [4.78, 5) is 25.4. The molecule has 0 aliphatic carbocycles. The number of rotatable bonds is 12. The normalized spacial score (nSPS) is 17.0. The minimum Gasteiger partial charge on any atom is -0.495 e. The number of hydrogen-bond acceptors (Lipinski definition) is 9. The standard InChI is InChI=1S/C32H40F3N6O4P/c1-6-44-46(45-7-2)19-20-10-12-25(27(15-20)43-5)38-31-36-16-24(32(33,34)35)29(39-31)37-26-13-11-22(21-9-8-14-40(3)17-21)23-18-41(4)30(42)28(23)26/h10-13,15-16,21H,6-9,14,17-19H2,1-5H3,(H2,36,37,38,39). The smallest absolute Gasteiger partial charge is 0.421 e. The van der Waals surface area contributed by atoms with Crippen LogP contribution in [0, 0.1) is 0 Å². The van der Waals surface area contributed by atoms with Gasteiger partial charge in [0.15, 0.2) is 8.38 Å². The molecule has 14 heteroatoms. The minimum absolute atomic E-state index is 0.0746. The van der Waals surface area contributed by atoms with Gasteiger partial charge in [0, 0.05) is 32.5 Å². The molecule has 1 aromatic heterocycles. The maximum Gasteiger partial charge on any atom is 0.421 e. The maximum atomic E-state index is 14.2. The number of ether oxygens (including phenoxy) is 1. The summed E-state index contributed by atoms with van der Waals surface area (Å²) < 4.78 is 59.5. The van der Waals surface area contributed by atoms with E-state index in [1.54, 1.807) is 24.1 Å². The lowest BCUT2D eigenvalue weighted by molar-refractivity contribution is -0.137. The Morgan fingerprint density at radius 2 is 1.80 bits per heavy atom. The minimum atomic E-state index is -4.74. The summed E-state index contributed by atoms with van der Waals surface area (Å²) in [5.41, 5.74) is 2.90. The van der Waals surface area contributed by atoms with Crippen molar-refractivity contribution in [3.05, 3.63) is 64.3 Å². The highest BCUT2D eigenvalue weighted by atomic mass is 31.2. The first-order valence-electron chi connectivity index (χ1n) is 15.3. The van der Waals surface area contributed by atoms with Gasteiger partial charge in [-0.25, -0.2) is 4.98 Å². The third kappa shape index (κ3) is 7.54. The van der Waals surface area contributed by atoms with Crippen LogP contribution < -0.4 is 15.4 Å². The van der Waals surface area contributed by atoms with E-state index < -0.39 is 25.9 Å². The number of nitrogens with zero attached hydrogens (tertiary/aromatic N) is 4. The highest BCUT2D eigenvalue weighted by Gasteiger charge is 2.37. The summed E-state index contributed by atoms with van der Waals surface area (Å²) in [5, 5.41) is 5.84. The van der Waals surface area contributed by atoms with Crippen molar-refractivity contribution in [2.24, 2.45) is 0 Å². The van der Waals surface area contributed by atoms with E-state index in [4.69, 9.17) is 13.8 Å². The first kappa shape index (κ1) is 33.8. The van der Waals surface area contributed by atoms with E-state index >= 15 is 0 Å². The van der Waals surface area contributed by atoms with E-state index in [0.717, 1.165) is 48.8 Å². The Morgan fingerprint density at radius 1 is 1.07 bits per heavy atom. The fraction of sp³-hybridized carbons (Fsp3) is 0.469. The number of nitrogens with one attached hydrogen (secondary N) is 2. The van der Waals surface area contributed by atoms with Gasteiger partial charge in [0.05, 0.1) is 37.3 Å². The summed E-state index contributed by atoms with van der Waals surface area (Å²) in [6.45, 7) is 7.14. The van der Waals surface area contributed by atoms with Crippen molar-refractivity contribution in [1.29, 1.82) is 0 Å². The molecule has 0 radical (unpaired) electrons. The molecule has 3 aromatic rings. The van der Waals surface area contributed by atoms with Crippen molar-refractivity contribution < 1.29 is 31.8 Å². The molecule has 3 heterocycles. The van der Waals surface area contributed by atoms with Crippen LogP contribution in [0.3, 0.4) is 0 Å². The van der Waals surface area contributed by atoms with E-state index in [1.807, 2.05) is 32.0 Å². The van der Waals surface area contributed by atoms with E-state index in [9.17, 15) is 18.0 Å². The zero-order chi connectivity index (χ0) is 33.0. The van der Waals surface area contributed by atoms with E-state index in [1.165, 1.54) is 7.11 Å². The van der Waals surface area contributed by atoms with E-state index in [0.29, 0.717) is 42.9 Å². The highest BCUT2D eigenvalue weighted by molar-refractivity contribution is 7.46. The number of carbonyl (C=O) groups is 1. The number of piperidine rings is 1. The number of carbonyl (C=O) groups excluding carboxylic acids is 1. The molecule has 0 spiro atoms. The molecular weight excluding hydrogens is 620 g/mol. The van der Waals surface area contributed by atoms with Gasteiger partial charge in [-0.05, 0) is 81.1 Å². The lowest BCUT2D eigenvalue weighted by Gasteiger charge is -2.31. The molecule has 1 atom stereocenters. The van der Waals surface area contributed by atoms with Gasteiger partial charge in [0.1, 0.15) is 17.1 Å². The van der Waals surface area contributed by atoms with Crippen molar-refractivity contribution in [2.75, 3.05) is 58.1 Å². The Kier molecular flexibility index (Phi) is 10.7. The molecule has 5 rings (SSSR count). The fourth-order valence-corrected chi connectivity index (χ4v) is 7.31. The van der Waals surface area contributed by atoms with Crippen LogP contribution in [-0.4, -0.2) is 73.2 Å². The van der Waals surface area contributed by atoms with Gasteiger partial charge < -0.3 is 34.2 Å². The number of halogens is 3. The Bertz CT molecular complexity index is 1550. The highest BCUT2D eigenvalue weighted by Crippen LogP contribution is 2.44. The zero-order valence-corrected chi connectivity index (χ0v) is 27.6. The second-order valence-corrected chi connectivity index (χ2v) is 12.9. The van der Waals surface area contributed by atoms with Crippen LogP contribution in [0.5, 0.6) is 5.75 Å². The van der Waals surface area contributed by atoms with Crippen LogP contribution in [0.25, 0.3) is 0 Å². The first-order chi connectivity index (χ1) is 22.0. The molecule has 2 aliphatic rings. The largest absolute Gasteiger partial charge is 0.495 e. The number of likely N-dealkylation sites (tertiary alicyclic amines) is 1. The summed E-state index contributed by atoms with van der Waals surface area (Å²) in [6, 6.07) is 9.04. The van der Waals surface area contributed by atoms with Crippen molar-refractivity contribution in [3.63, 3.8) is 0 Å². The van der Waals surface area contributed by atoms with Crippen LogP contribution in [-0.2, 0) is 27.9 Å². The van der Waals surface area contributed by atoms with Crippen LogP contribution in [0.2, 0.25) is 0 Å². The van der Waals surface area contributed by atoms with Gasteiger partial charge in [-0.1, -0.05) is 12.1 Å². The fourth-order valence-electron chi connectivity index (χ4n) is 5.98. The van der Waals surface area contributed by atoms with E-state index in [-0.39, 0.29) is 23.5 Å². The van der Waals surface area contributed by atoms with Crippen LogP contribution in [0.4, 0.5) is 36.3 Å². The number of fused-ring (bicyclic) bond motifs is 1. The van der Waals surface area contributed by atoms with Gasteiger partial charge in [-0.15, -0.1) is 0 Å². The van der Waals surface area contributed by atoms with Crippen LogP contribution in [0.1, 0.15) is 65.2 Å². The van der Waals surface area contributed by atoms with Gasteiger partial charge >= 0.3 is 6.18 Å². The van der Waals surface area contributed by atoms with Gasteiger partial charge in [-0.2, -0.15) is 18.2 Å². The van der Waals surface area contributed by atoms with Gasteiger partial charge in [0.25, 0.3) is 5.91 Å². The van der Waals surface area contributed by atoms with E-state index in [2.05, 4.69) is 32.5 Å². The molecule has 1 unspecified atom stereocenters. The third-order valence-electron chi connectivity index (χ3n) is 8.09. The number of hydrogen-bond donors (Lipinski definition) is 2. The average Bonchev–Trinajstić information content (AvgIpc) is 3.31. The predicted molar refractivity (Wildman–Crippen MR) is 172 cm³/mol. The van der Waals surface area contributed by atoms with Crippen molar-refractivity contribution in [3.8, 4) is 5.75 Å². The molecule has 46 heavy (non-hydrogen) atoms. The van der Waals surface area contributed by atoms with Crippen LogP contribution >= 0.6 is 8.38 Å². The molecule has 1 fully saturated rings. The number of likely N-dealkylation sites (N-methyl/N-ethyl adjacent to an activating group) is 1. The van der Waals surface area contributed by atoms with Gasteiger partial charge in [-0.3, -0.25) is 4.79 Å². The maximum absolute atomic E-state index is 14.2. The molecule has 0 saturated carbocycles. The number of aromatic nitrogens is 2. The molecule has 2 aromatic carbocycles. The van der Waals surface area contributed by atoms with Crippen molar-refractivity contribution >= 4 is 37.4 Å². The Hall–Kier alpha value is -3.51. The molecule has 248 valence electrons. The molecule has 2 aliphatic heterocycles. The molecule has 10 nitrogen and oxygen atoms in total. The second-order valence-electron chi connectivity index (χ2n) is 11.4. The lowest BCUT2D eigenvalue weighted by atomic mass is 9.86. The first-order valence-corrected chi connectivity index (χ1v) is 16.7. The third-order valence-corrected chi connectivity index (χ3v) is 9.80. The number of benzene rings is 2. The summed E-state index contributed by atoms with van der Waals surface area (Å²) in [6.07, 6.45) is -1.42.